The summed E-state index contributed by atoms with van der Waals surface area (Å²) >= 11 is 6.11. The number of carbonyl (C=O) groups excluding carboxylic acids is 2. The molecule has 1 saturated heterocycles. The summed E-state index contributed by atoms with van der Waals surface area (Å²) < 4.78 is 18.6. The van der Waals surface area contributed by atoms with E-state index in [1.165, 1.54) is 12.1 Å². The summed E-state index contributed by atoms with van der Waals surface area (Å²) in [6.07, 6.45) is 0. The van der Waals surface area contributed by atoms with Crippen LogP contribution in [0.4, 0.5) is 4.39 Å². The van der Waals surface area contributed by atoms with Crippen LogP contribution in [-0.2, 0) is 6.54 Å². The number of benzene rings is 3. The molecule has 3 aromatic carbocycles. The van der Waals surface area contributed by atoms with Gasteiger partial charge in [0.15, 0.2) is 0 Å². The minimum Gasteiger partial charge on any atom is -0.497 e. The maximum Gasteiger partial charge on any atom is 0.254 e. The Hall–Kier alpha value is -3.42. The minimum absolute atomic E-state index is 0.0115. The normalized spacial score (nSPS) is 13.9. The van der Waals surface area contributed by atoms with Gasteiger partial charge in [0, 0.05) is 62.0 Å². The van der Waals surface area contributed by atoms with Gasteiger partial charge in [-0.1, -0.05) is 35.9 Å². The number of rotatable bonds is 8. The average molecular weight is 510 g/mol. The van der Waals surface area contributed by atoms with Crippen LogP contribution in [0.15, 0.2) is 72.8 Å². The minimum atomic E-state index is -0.312. The second-order valence-corrected chi connectivity index (χ2v) is 9.17. The van der Waals surface area contributed by atoms with Crippen LogP contribution < -0.4 is 4.74 Å². The molecule has 4 rings (SSSR count). The van der Waals surface area contributed by atoms with Gasteiger partial charge >= 0.3 is 0 Å². The van der Waals surface area contributed by atoms with E-state index in [1.807, 2.05) is 17.0 Å². The van der Waals surface area contributed by atoms with E-state index in [4.69, 9.17) is 16.3 Å². The van der Waals surface area contributed by atoms with E-state index in [9.17, 15) is 14.0 Å². The summed E-state index contributed by atoms with van der Waals surface area (Å²) in [5.41, 5.74) is 1.97. The largest absolute Gasteiger partial charge is 0.497 e. The van der Waals surface area contributed by atoms with Crippen LogP contribution in [0.3, 0.4) is 0 Å². The quantitative estimate of drug-likeness (QED) is 0.446. The van der Waals surface area contributed by atoms with Gasteiger partial charge in [-0.3, -0.25) is 14.5 Å². The topological polar surface area (TPSA) is 53.1 Å². The van der Waals surface area contributed by atoms with Crippen molar-refractivity contribution in [3.8, 4) is 5.75 Å². The van der Waals surface area contributed by atoms with Crippen molar-refractivity contribution in [3.63, 3.8) is 0 Å². The van der Waals surface area contributed by atoms with Gasteiger partial charge < -0.3 is 14.5 Å². The van der Waals surface area contributed by atoms with Crippen molar-refractivity contribution in [2.45, 2.75) is 6.54 Å². The number of nitrogens with zero attached hydrogens (tertiary/aromatic N) is 3. The molecule has 6 nitrogen and oxygen atoms in total. The number of amides is 2. The zero-order valence-corrected chi connectivity index (χ0v) is 21.0. The van der Waals surface area contributed by atoms with Crippen molar-refractivity contribution in [3.05, 3.63) is 100 Å². The van der Waals surface area contributed by atoms with Gasteiger partial charge in [-0.15, -0.1) is 0 Å². The number of hydrogen-bond donors (Lipinski definition) is 0. The smallest absolute Gasteiger partial charge is 0.254 e. The third-order valence-corrected chi connectivity index (χ3v) is 6.54. The van der Waals surface area contributed by atoms with E-state index in [1.54, 1.807) is 60.5 Å². The van der Waals surface area contributed by atoms with Gasteiger partial charge in [-0.2, -0.15) is 0 Å². The Kier molecular flexibility index (Phi) is 8.57. The summed E-state index contributed by atoms with van der Waals surface area (Å²) in [4.78, 5) is 32.1. The van der Waals surface area contributed by atoms with Crippen molar-refractivity contribution in [2.24, 2.45) is 0 Å². The first-order chi connectivity index (χ1) is 17.4. The van der Waals surface area contributed by atoms with Crippen LogP contribution in [0.25, 0.3) is 0 Å². The predicted octanol–water partition coefficient (Wildman–Crippen LogP) is 4.59. The van der Waals surface area contributed by atoms with Crippen molar-refractivity contribution in [1.29, 1.82) is 0 Å². The molecule has 8 heteroatoms. The summed E-state index contributed by atoms with van der Waals surface area (Å²) in [5, 5.41) is 0.499. The molecule has 2 amide bonds. The maximum absolute atomic E-state index is 13.4. The van der Waals surface area contributed by atoms with Crippen LogP contribution >= 0.6 is 11.6 Å². The molecular weight excluding hydrogens is 481 g/mol. The van der Waals surface area contributed by atoms with Crippen LogP contribution in [0.5, 0.6) is 5.75 Å². The average Bonchev–Trinajstić information content (AvgIpc) is 2.91. The van der Waals surface area contributed by atoms with Gasteiger partial charge in [-0.25, -0.2) is 4.39 Å². The van der Waals surface area contributed by atoms with Gasteiger partial charge in [-0.05, 0) is 54.1 Å². The molecule has 1 fully saturated rings. The molecule has 0 bridgehead atoms. The van der Waals surface area contributed by atoms with Crippen LogP contribution in [0, 0.1) is 5.82 Å². The lowest BCUT2D eigenvalue weighted by atomic mass is 10.1. The van der Waals surface area contributed by atoms with Gasteiger partial charge in [0.05, 0.1) is 7.11 Å². The highest BCUT2D eigenvalue weighted by Gasteiger charge is 2.24. The molecule has 0 aromatic heterocycles. The second-order valence-electron chi connectivity index (χ2n) is 8.73. The van der Waals surface area contributed by atoms with Gasteiger partial charge in [0.2, 0.25) is 0 Å². The molecule has 1 aliphatic rings. The zero-order chi connectivity index (χ0) is 25.5. The van der Waals surface area contributed by atoms with E-state index in [-0.39, 0.29) is 17.6 Å². The van der Waals surface area contributed by atoms with Crippen LogP contribution in [0.1, 0.15) is 26.3 Å². The monoisotopic (exact) mass is 509 g/mol. The molecule has 1 heterocycles. The molecule has 0 radical (unpaired) electrons. The van der Waals surface area contributed by atoms with Crippen molar-refractivity contribution in [2.75, 3.05) is 46.4 Å². The molecule has 188 valence electrons. The van der Waals surface area contributed by atoms with Gasteiger partial charge in [0.1, 0.15) is 11.6 Å². The number of ether oxygens (including phenoxy) is 1. The Morgan fingerprint density at radius 1 is 0.944 bits per heavy atom. The predicted molar refractivity (Wildman–Crippen MR) is 138 cm³/mol. The van der Waals surface area contributed by atoms with E-state index in [0.717, 1.165) is 5.56 Å². The number of carbonyl (C=O) groups is 2. The SMILES string of the molecule is COc1cccc(C(=O)N2CCN(CCN(Cc3ccc(F)cc3)C(=O)c3cccc(Cl)c3)CC2)c1. The maximum atomic E-state index is 13.4. The molecule has 0 spiro atoms. The van der Waals surface area contributed by atoms with Crippen molar-refractivity contribution >= 4 is 23.4 Å². The van der Waals surface area contributed by atoms with Crippen LogP contribution in [-0.4, -0.2) is 72.9 Å². The first-order valence-electron chi connectivity index (χ1n) is 11.9. The summed E-state index contributed by atoms with van der Waals surface area (Å²) in [6.45, 7) is 4.16. The Bertz CT molecular complexity index is 1200. The molecule has 0 unspecified atom stereocenters. The fourth-order valence-electron chi connectivity index (χ4n) is 4.24. The first kappa shape index (κ1) is 25.7. The highest BCUT2D eigenvalue weighted by Crippen LogP contribution is 2.17. The number of piperazine rings is 1. The Balaban J connectivity index is 1.37. The summed E-state index contributed by atoms with van der Waals surface area (Å²) in [5.74, 6) is 0.203. The third-order valence-electron chi connectivity index (χ3n) is 6.31. The Labute approximate surface area is 215 Å². The summed E-state index contributed by atoms with van der Waals surface area (Å²) in [7, 11) is 1.58. The molecule has 0 aliphatic carbocycles. The van der Waals surface area contributed by atoms with Gasteiger partial charge in [0.25, 0.3) is 11.8 Å². The lowest BCUT2D eigenvalue weighted by molar-refractivity contribution is 0.0598. The fourth-order valence-corrected chi connectivity index (χ4v) is 4.43. The first-order valence-corrected chi connectivity index (χ1v) is 12.3. The molecular formula is C28H29ClFN3O3. The third kappa shape index (κ3) is 6.62. The molecule has 0 atom stereocenters. The zero-order valence-electron chi connectivity index (χ0n) is 20.2. The molecule has 3 aromatic rings. The fraction of sp³-hybridized carbons (Fsp3) is 0.286. The lowest BCUT2D eigenvalue weighted by Gasteiger charge is -2.36. The number of hydrogen-bond acceptors (Lipinski definition) is 4. The standard InChI is InChI=1S/C28H29ClFN3O3/c1-36-26-7-3-5-23(19-26)27(34)32-15-12-31(13-16-32)14-17-33(20-21-8-10-25(30)11-9-21)28(35)22-4-2-6-24(29)18-22/h2-11,18-19H,12-17,20H2,1H3. The van der Waals surface area contributed by atoms with E-state index >= 15 is 0 Å². The Morgan fingerprint density at radius 2 is 1.64 bits per heavy atom. The molecule has 0 N–H and O–H groups in total. The second kappa shape index (κ2) is 12.0. The number of halogens is 2. The molecule has 0 saturated carbocycles. The molecule has 1 aliphatic heterocycles. The van der Waals surface area contributed by atoms with Crippen molar-refractivity contribution < 1.29 is 18.7 Å². The van der Waals surface area contributed by atoms with E-state index in [0.29, 0.717) is 67.7 Å². The lowest BCUT2D eigenvalue weighted by Crippen LogP contribution is -2.50. The highest BCUT2D eigenvalue weighted by atomic mass is 35.5. The van der Waals surface area contributed by atoms with Crippen molar-refractivity contribution in [1.82, 2.24) is 14.7 Å². The summed E-state index contributed by atoms with van der Waals surface area (Å²) in [6, 6.07) is 20.2. The number of methoxy groups -OCH3 is 1. The molecule has 36 heavy (non-hydrogen) atoms. The Morgan fingerprint density at radius 3 is 2.33 bits per heavy atom. The van der Waals surface area contributed by atoms with Crippen LogP contribution in [0.2, 0.25) is 5.02 Å². The van der Waals surface area contributed by atoms with E-state index < -0.39 is 0 Å². The van der Waals surface area contributed by atoms with E-state index in [2.05, 4.69) is 4.90 Å². The highest BCUT2D eigenvalue weighted by molar-refractivity contribution is 6.30.